The molecule has 5 heteroatoms. The second-order valence-electron chi connectivity index (χ2n) is 4.26. The average Bonchev–Trinajstić information content (AvgIpc) is 2.91. The van der Waals surface area contributed by atoms with Gasteiger partial charge in [-0.3, -0.25) is 0 Å². The lowest BCUT2D eigenvalue weighted by Gasteiger charge is -2.18. The predicted octanol–water partition coefficient (Wildman–Crippen LogP) is 1.77. The van der Waals surface area contributed by atoms with Crippen molar-refractivity contribution in [3.05, 3.63) is 29.3 Å². The second-order valence-corrected chi connectivity index (χ2v) is 4.26. The van der Waals surface area contributed by atoms with Crippen molar-refractivity contribution in [1.82, 2.24) is 0 Å². The lowest BCUT2D eigenvalue weighted by atomic mass is 10.1. The molecule has 1 saturated heterocycles. The maximum atomic E-state index is 11.5. The number of carbonyl (C=O) groups excluding carboxylic acids is 1. The number of aromatic carboxylic acids is 1. The molecule has 1 aliphatic rings. The summed E-state index contributed by atoms with van der Waals surface area (Å²) in [6, 6.07) is 4.62. The molecule has 0 amide bonds. The number of hydrogen-bond acceptors (Lipinski definition) is 4. The molecule has 1 aromatic rings. The molecule has 96 valence electrons. The molecule has 1 N–H and O–H groups in total. The number of esters is 1. The Balaban J connectivity index is 2.42. The van der Waals surface area contributed by atoms with E-state index in [1.807, 2.05) is 0 Å². The zero-order valence-electron chi connectivity index (χ0n) is 10.2. The number of rotatable bonds is 3. The summed E-state index contributed by atoms with van der Waals surface area (Å²) in [5, 5.41) is 9.06. The minimum atomic E-state index is -1.04. The van der Waals surface area contributed by atoms with Gasteiger partial charge in [-0.05, 0) is 31.0 Å². The minimum Gasteiger partial charge on any atom is -0.478 e. The van der Waals surface area contributed by atoms with E-state index in [0.29, 0.717) is 0 Å². The molecule has 5 nitrogen and oxygen atoms in total. The van der Waals surface area contributed by atoms with Crippen molar-refractivity contribution in [1.29, 1.82) is 0 Å². The third kappa shape index (κ3) is 2.45. The van der Waals surface area contributed by atoms with E-state index < -0.39 is 11.9 Å². The second kappa shape index (κ2) is 5.08. The fraction of sp³-hybridized carbons (Fsp3) is 0.385. The minimum absolute atomic E-state index is 0.111. The van der Waals surface area contributed by atoms with Crippen LogP contribution in [0.2, 0.25) is 0 Å². The van der Waals surface area contributed by atoms with E-state index in [1.165, 1.54) is 13.2 Å². The van der Waals surface area contributed by atoms with Gasteiger partial charge >= 0.3 is 11.9 Å². The molecule has 1 heterocycles. The Bertz CT molecular complexity index is 478. The fourth-order valence-electron chi connectivity index (χ4n) is 2.13. The maximum Gasteiger partial charge on any atom is 0.337 e. The van der Waals surface area contributed by atoms with E-state index in [1.54, 1.807) is 12.1 Å². The van der Waals surface area contributed by atoms with Gasteiger partial charge in [-0.2, -0.15) is 0 Å². The third-order valence-corrected chi connectivity index (χ3v) is 3.06. The molecule has 0 unspecified atom stereocenters. The van der Waals surface area contributed by atoms with Crippen LogP contribution in [0.4, 0.5) is 5.69 Å². The van der Waals surface area contributed by atoms with Crippen LogP contribution in [0.1, 0.15) is 33.6 Å². The normalized spacial score (nSPS) is 14.6. The molecular formula is C13H15NO4. The number of carboxylic acids is 1. The van der Waals surface area contributed by atoms with Crippen molar-refractivity contribution in [2.75, 3.05) is 25.1 Å². The largest absolute Gasteiger partial charge is 0.478 e. The summed E-state index contributed by atoms with van der Waals surface area (Å²) in [5.41, 5.74) is 1.16. The van der Waals surface area contributed by atoms with Gasteiger partial charge in [-0.1, -0.05) is 0 Å². The zero-order valence-corrected chi connectivity index (χ0v) is 10.2. The molecule has 1 aliphatic heterocycles. The molecule has 0 bridgehead atoms. The van der Waals surface area contributed by atoms with Crippen molar-refractivity contribution in [3.63, 3.8) is 0 Å². The van der Waals surface area contributed by atoms with E-state index in [0.717, 1.165) is 31.6 Å². The van der Waals surface area contributed by atoms with Crippen LogP contribution < -0.4 is 4.90 Å². The van der Waals surface area contributed by atoms with Crippen LogP contribution in [0.15, 0.2) is 18.2 Å². The highest BCUT2D eigenvalue weighted by Crippen LogP contribution is 2.23. The number of hydrogen-bond donors (Lipinski definition) is 1. The molecule has 18 heavy (non-hydrogen) atoms. The highest BCUT2D eigenvalue weighted by molar-refractivity contribution is 5.96. The van der Waals surface area contributed by atoms with E-state index in [4.69, 9.17) is 5.11 Å². The first kappa shape index (κ1) is 12.4. The van der Waals surface area contributed by atoms with E-state index >= 15 is 0 Å². The number of carbonyl (C=O) groups is 2. The predicted molar refractivity (Wildman–Crippen MR) is 66.2 cm³/mol. The number of benzene rings is 1. The Morgan fingerprint density at radius 3 is 2.33 bits per heavy atom. The van der Waals surface area contributed by atoms with E-state index in [2.05, 4.69) is 9.64 Å². The zero-order chi connectivity index (χ0) is 13.1. The van der Waals surface area contributed by atoms with Crippen molar-refractivity contribution in [3.8, 4) is 0 Å². The fourth-order valence-corrected chi connectivity index (χ4v) is 2.13. The summed E-state index contributed by atoms with van der Waals surface area (Å²) in [6.45, 7) is 1.79. The molecule has 1 aromatic carbocycles. The Hall–Kier alpha value is -2.04. The Labute approximate surface area is 105 Å². The van der Waals surface area contributed by atoms with Gasteiger partial charge in [0.05, 0.1) is 18.2 Å². The van der Waals surface area contributed by atoms with Gasteiger partial charge in [-0.25, -0.2) is 9.59 Å². The molecule has 1 fully saturated rings. The summed E-state index contributed by atoms with van der Waals surface area (Å²) < 4.78 is 4.64. The standard InChI is InChI=1S/C13H15NO4/c1-18-13(17)10-6-9(12(15)16)7-11(8-10)14-4-2-3-5-14/h6-8H,2-5H2,1H3,(H,15,16). The molecule has 0 radical (unpaired) electrons. The topological polar surface area (TPSA) is 66.8 Å². The van der Waals surface area contributed by atoms with Crippen molar-refractivity contribution < 1.29 is 19.4 Å². The summed E-state index contributed by atoms with van der Waals surface area (Å²) in [7, 11) is 1.28. The Morgan fingerprint density at radius 2 is 1.78 bits per heavy atom. The lowest BCUT2D eigenvalue weighted by molar-refractivity contribution is 0.0601. The first-order valence-corrected chi connectivity index (χ1v) is 5.83. The average molecular weight is 249 g/mol. The highest BCUT2D eigenvalue weighted by atomic mass is 16.5. The quantitative estimate of drug-likeness (QED) is 0.827. The summed E-state index contributed by atoms with van der Waals surface area (Å²) in [4.78, 5) is 24.7. The Morgan fingerprint density at radius 1 is 1.17 bits per heavy atom. The van der Waals surface area contributed by atoms with Gasteiger partial charge in [0.1, 0.15) is 0 Å². The van der Waals surface area contributed by atoms with Crippen LogP contribution in [0.5, 0.6) is 0 Å². The summed E-state index contributed by atoms with van der Waals surface area (Å²) in [5.74, 6) is -1.56. The summed E-state index contributed by atoms with van der Waals surface area (Å²) >= 11 is 0. The number of nitrogens with zero attached hydrogens (tertiary/aromatic N) is 1. The van der Waals surface area contributed by atoms with Gasteiger partial charge < -0.3 is 14.7 Å². The molecule has 0 spiro atoms. The Kier molecular flexibility index (Phi) is 3.50. The third-order valence-electron chi connectivity index (χ3n) is 3.06. The van der Waals surface area contributed by atoms with Crippen molar-refractivity contribution in [2.24, 2.45) is 0 Å². The van der Waals surface area contributed by atoms with Crippen LogP contribution in [0, 0.1) is 0 Å². The molecule has 0 atom stereocenters. The van der Waals surface area contributed by atoms with Gasteiger partial charge in [0.25, 0.3) is 0 Å². The SMILES string of the molecule is COC(=O)c1cc(C(=O)O)cc(N2CCCC2)c1. The lowest BCUT2D eigenvalue weighted by Crippen LogP contribution is -2.19. The van der Waals surface area contributed by atoms with Crippen LogP contribution in [-0.4, -0.2) is 37.2 Å². The number of methoxy groups -OCH3 is 1. The van der Waals surface area contributed by atoms with Gasteiger partial charge in [-0.15, -0.1) is 0 Å². The first-order valence-electron chi connectivity index (χ1n) is 5.83. The number of anilines is 1. The highest BCUT2D eigenvalue weighted by Gasteiger charge is 2.18. The van der Waals surface area contributed by atoms with Crippen LogP contribution in [-0.2, 0) is 4.74 Å². The van der Waals surface area contributed by atoms with Crippen LogP contribution in [0.3, 0.4) is 0 Å². The molecule has 0 aromatic heterocycles. The van der Waals surface area contributed by atoms with E-state index in [9.17, 15) is 9.59 Å². The number of ether oxygens (including phenoxy) is 1. The summed E-state index contributed by atoms with van der Waals surface area (Å²) in [6.07, 6.45) is 2.18. The smallest absolute Gasteiger partial charge is 0.337 e. The van der Waals surface area contributed by atoms with Gasteiger partial charge in [0.2, 0.25) is 0 Å². The molecular weight excluding hydrogens is 234 g/mol. The van der Waals surface area contributed by atoms with Gasteiger partial charge in [0, 0.05) is 18.8 Å². The van der Waals surface area contributed by atoms with Crippen LogP contribution >= 0.6 is 0 Å². The van der Waals surface area contributed by atoms with Crippen molar-refractivity contribution in [2.45, 2.75) is 12.8 Å². The molecule has 0 saturated carbocycles. The van der Waals surface area contributed by atoms with E-state index in [-0.39, 0.29) is 11.1 Å². The molecule has 0 aliphatic carbocycles. The molecule has 2 rings (SSSR count). The first-order chi connectivity index (χ1) is 8.61. The van der Waals surface area contributed by atoms with Crippen molar-refractivity contribution >= 4 is 17.6 Å². The maximum absolute atomic E-state index is 11.5. The number of carboxylic acid groups (broad SMARTS) is 1. The van der Waals surface area contributed by atoms with Crippen LogP contribution in [0.25, 0.3) is 0 Å². The van der Waals surface area contributed by atoms with Gasteiger partial charge in [0.15, 0.2) is 0 Å². The monoisotopic (exact) mass is 249 g/mol.